The number of benzene rings is 2. The number of hydrogen-bond donors (Lipinski definition) is 0. The molecule has 130 valence electrons. The van der Waals surface area contributed by atoms with Crippen LogP contribution < -0.4 is 0 Å². The van der Waals surface area contributed by atoms with Gasteiger partial charge in [0, 0.05) is 41.1 Å². The molecule has 0 saturated carbocycles. The molecule has 6 nitrogen and oxygen atoms in total. The molecule has 0 unspecified atom stereocenters. The molecule has 0 bridgehead atoms. The fourth-order valence-corrected chi connectivity index (χ4v) is 3.45. The molecule has 2 aromatic carbocycles. The summed E-state index contributed by atoms with van der Waals surface area (Å²) in [5, 5.41) is 2.10. The van der Waals surface area contributed by atoms with E-state index >= 15 is 0 Å². The molecule has 0 aliphatic carbocycles. The van der Waals surface area contributed by atoms with Crippen molar-refractivity contribution in [2.24, 2.45) is 0 Å². The molecule has 0 fully saturated rings. The van der Waals surface area contributed by atoms with E-state index < -0.39 is 0 Å². The first-order chi connectivity index (χ1) is 13.8. The van der Waals surface area contributed by atoms with Crippen LogP contribution in [0, 0.1) is 0 Å². The Labute approximate surface area is 159 Å². The van der Waals surface area contributed by atoms with Crippen molar-refractivity contribution in [1.29, 1.82) is 0 Å². The highest BCUT2D eigenvalue weighted by Gasteiger charge is 2.08. The predicted molar refractivity (Wildman–Crippen MR) is 109 cm³/mol. The molecular weight excluding hydrogens is 348 g/mol. The zero-order valence-corrected chi connectivity index (χ0v) is 14.6. The number of aromatic nitrogens is 6. The Hall–Kier alpha value is -4.06. The van der Waals surface area contributed by atoms with Crippen LogP contribution in [0.2, 0.25) is 0 Å². The first-order valence-electron chi connectivity index (χ1n) is 8.86. The molecule has 0 radical (unpaired) electrons. The zero-order chi connectivity index (χ0) is 18.5. The molecule has 4 heterocycles. The molecule has 0 amide bonds. The van der Waals surface area contributed by atoms with Crippen LogP contribution in [0.1, 0.15) is 0 Å². The molecular formula is C22H12N6. The second-order valence-corrected chi connectivity index (χ2v) is 6.61. The van der Waals surface area contributed by atoms with Crippen molar-refractivity contribution in [2.75, 3.05) is 0 Å². The molecule has 0 aliphatic heterocycles. The highest BCUT2D eigenvalue weighted by Crippen LogP contribution is 2.26. The Morgan fingerprint density at radius 1 is 0.500 bits per heavy atom. The van der Waals surface area contributed by atoms with E-state index in [0.717, 1.165) is 55.1 Å². The minimum atomic E-state index is 0.770. The van der Waals surface area contributed by atoms with E-state index in [-0.39, 0.29) is 0 Å². The number of pyridine rings is 2. The molecule has 0 N–H and O–H groups in total. The smallest absolute Gasteiger partial charge is 0.0917 e. The second kappa shape index (κ2) is 5.72. The van der Waals surface area contributed by atoms with Crippen LogP contribution in [-0.2, 0) is 0 Å². The lowest BCUT2D eigenvalue weighted by atomic mass is 10.1. The van der Waals surface area contributed by atoms with Gasteiger partial charge in [0.25, 0.3) is 0 Å². The monoisotopic (exact) mass is 360 g/mol. The maximum absolute atomic E-state index is 4.78. The third kappa shape index (κ3) is 2.35. The largest absolute Gasteiger partial charge is 0.256 e. The van der Waals surface area contributed by atoms with Gasteiger partial charge in [-0.1, -0.05) is 6.07 Å². The topological polar surface area (TPSA) is 77.3 Å². The molecule has 28 heavy (non-hydrogen) atoms. The minimum absolute atomic E-state index is 0.770. The summed E-state index contributed by atoms with van der Waals surface area (Å²) in [4.78, 5) is 27.1. The van der Waals surface area contributed by atoms with Crippen LogP contribution in [0.25, 0.3) is 55.1 Å². The summed E-state index contributed by atoms with van der Waals surface area (Å²) in [5.41, 5.74) is 6.75. The van der Waals surface area contributed by atoms with Crippen molar-refractivity contribution in [3.63, 3.8) is 0 Å². The second-order valence-electron chi connectivity index (χ2n) is 6.61. The third-order valence-corrected chi connectivity index (χ3v) is 4.83. The summed E-state index contributed by atoms with van der Waals surface area (Å²) in [6.07, 6.45) is 8.76. The number of nitrogens with zero attached hydrogens (tertiary/aromatic N) is 6. The lowest BCUT2D eigenvalue weighted by Gasteiger charge is -2.06. The average Bonchev–Trinajstić information content (AvgIpc) is 2.75. The number of rotatable bonds is 1. The van der Waals surface area contributed by atoms with Crippen LogP contribution in [0.5, 0.6) is 0 Å². The fraction of sp³-hybridized carbons (Fsp3) is 0. The molecule has 6 rings (SSSR count). The van der Waals surface area contributed by atoms with E-state index in [4.69, 9.17) is 4.98 Å². The van der Waals surface area contributed by atoms with E-state index in [1.165, 1.54) is 0 Å². The van der Waals surface area contributed by atoms with Crippen LogP contribution in [0.3, 0.4) is 0 Å². The molecule has 0 saturated heterocycles. The van der Waals surface area contributed by atoms with E-state index in [2.05, 4.69) is 43.1 Å². The average molecular weight is 360 g/mol. The van der Waals surface area contributed by atoms with Crippen LogP contribution in [0.15, 0.2) is 73.4 Å². The van der Waals surface area contributed by atoms with Crippen LogP contribution >= 0.6 is 0 Å². The van der Waals surface area contributed by atoms with E-state index in [9.17, 15) is 0 Å². The lowest BCUT2D eigenvalue weighted by molar-refractivity contribution is 1.26. The fourth-order valence-electron chi connectivity index (χ4n) is 3.45. The first kappa shape index (κ1) is 15.0. The summed E-state index contributed by atoms with van der Waals surface area (Å²) in [6, 6.07) is 14.0. The Balaban J connectivity index is 1.53. The summed E-state index contributed by atoms with van der Waals surface area (Å²) in [7, 11) is 0. The Morgan fingerprint density at radius 2 is 1.18 bits per heavy atom. The Bertz CT molecular complexity index is 1410. The van der Waals surface area contributed by atoms with Crippen molar-refractivity contribution in [2.45, 2.75) is 0 Å². The van der Waals surface area contributed by atoms with Gasteiger partial charge >= 0.3 is 0 Å². The van der Waals surface area contributed by atoms with Crippen LogP contribution in [-0.4, -0.2) is 29.9 Å². The normalized spacial score (nSPS) is 11.6. The molecule has 0 aliphatic rings. The summed E-state index contributed by atoms with van der Waals surface area (Å²) in [5.74, 6) is 0. The third-order valence-electron chi connectivity index (χ3n) is 4.83. The van der Waals surface area contributed by atoms with Crippen molar-refractivity contribution < 1.29 is 0 Å². The van der Waals surface area contributed by atoms with E-state index in [0.29, 0.717) is 0 Å². The van der Waals surface area contributed by atoms with Gasteiger partial charge in [0.1, 0.15) is 0 Å². The SMILES string of the molecule is c1cnc2cc3cc(-c4cnc5cc6nccnc6cc5n4)cnc3cc2c1. The standard InChI is InChI=1S/C22H12N6/c1-2-13-7-17-14(8-16(13)23-3-1)6-15(11-26-17)22-12-27-20-9-18-19(10-21(20)28-22)25-5-4-24-18/h1-12H. The van der Waals surface area contributed by atoms with Gasteiger partial charge in [-0.15, -0.1) is 0 Å². The first-order valence-corrected chi connectivity index (χ1v) is 8.86. The Morgan fingerprint density at radius 3 is 2.07 bits per heavy atom. The van der Waals surface area contributed by atoms with Crippen molar-refractivity contribution in [3.8, 4) is 11.3 Å². The summed E-state index contributed by atoms with van der Waals surface area (Å²) in [6.45, 7) is 0. The maximum atomic E-state index is 4.78. The van der Waals surface area contributed by atoms with Gasteiger partial charge in [-0.05, 0) is 36.4 Å². The van der Waals surface area contributed by atoms with Gasteiger partial charge in [-0.2, -0.15) is 0 Å². The van der Waals surface area contributed by atoms with Gasteiger partial charge in [-0.25, -0.2) is 4.98 Å². The molecule has 0 spiro atoms. The lowest BCUT2D eigenvalue weighted by Crippen LogP contribution is -1.92. The Kier molecular flexibility index (Phi) is 3.07. The van der Waals surface area contributed by atoms with Gasteiger partial charge < -0.3 is 0 Å². The number of hydrogen-bond acceptors (Lipinski definition) is 6. The molecule has 0 atom stereocenters. The van der Waals surface area contributed by atoms with Gasteiger partial charge in [0.15, 0.2) is 0 Å². The quantitative estimate of drug-likeness (QED) is 0.406. The molecule has 6 aromatic rings. The van der Waals surface area contributed by atoms with E-state index in [1.54, 1.807) is 24.8 Å². The number of fused-ring (bicyclic) bond motifs is 4. The van der Waals surface area contributed by atoms with Crippen molar-refractivity contribution in [1.82, 2.24) is 29.9 Å². The predicted octanol–water partition coefficient (Wildman–Crippen LogP) is 4.34. The van der Waals surface area contributed by atoms with Gasteiger partial charge in [0.05, 0.1) is 45.0 Å². The minimum Gasteiger partial charge on any atom is -0.256 e. The zero-order valence-electron chi connectivity index (χ0n) is 14.6. The van der Waals surface area contributed by atoms with Gasteiger partial charge in [-0.3, -0.25) is 24.9 Å². The van der Waals surface area contributed by atoms with E-state index in [1.807, 2.05) is 30.5 Å². The summed E-state index contributed by atoms with van der Waals surface area (Å²) >= 11 is 0. The van der Waals surface area contributed by atoms with Crippen molar-refractivity contribution in [3.05, 3.63) is 73.4 Å². The van der Waals surface area contributed by atoms with Crippen molar-refractivity contribution >= 4 is 43.9 Å². The molecule has 6 heteroatoms. The van der Waals surface area contributed by atoms with Gasteiger partial charge in [0.2, 0.25) is 0 Å². The molecule has 4 aromatic heterocycles. The maximum Gasteiger partial charge on any atom is 0.0917 e. The summed E-state index contributed by atoms with van der Waals surface area (Å²) < 4.78 is 0. The van der Waals surface area contributed by atoms with Crippen LogP contribution in [0.4, 0.5) is 0 Å². The highest BCUT2D eigenvalue weighted by molar-refractivity contribution is 5.96. The highest BCUT2D eigenvalue weighted by atomic mass is 14.8.